The molecule has 0 aliphatic heterocycles. The average Bonchev–Trinajstić information content (AvgIpc) is 2.53. The Morgan fingerprint density at radius 3 is 2.69 bits per heavy atom. The number of primary amides is 1. The minimum absolute atomic E-state index is 0.356. The number of amides is 1. The van der Waals surface area contributed by atoms with E-state index in [4.69, 9.17) is 22.1 Å². The maximum Gasteiger partial charge on any atom is 0.434 e. The van der Waals surface area contributed by atoms with Gasteiger partial charge in [-0.2, -0.15) is 13.2 Å². The van der Waals surface area contributed by atoms with Crippen LogP contribution in [0.4, 0.5) is 18.9 Å². The quantitative estimate of drug-likeness (QED) is 0.582. The van der Waals surface area contributed by atoms with E-state index in [2.05, 4.69) is 15.3 Å². The Hall–Kier alpha value is -2.88. The average molecular weight is 389 g/mol. The van der Waals surface area contributed by atoms with Crippen molar-refractivity contribution in [2.45, 2.75) is 18.8 Å². The second kappa shape index (κ2) is 8.00. The van der Waals surface area contributed by atoms with Gasteiger partial charge in [0.25, 0.3) is 0 Å². The fourth-order valence-corrected chi connectivity index (χ4v) is 2.16. The second-order valence-corrected chi connectivity index (χ2v) is 5.44. The lowest BCUT2D eigenvalue weighted by atomic mass is 10.2. The lowest BCUT2D eigenvalue weighted by molar-refractivity contribution is -0.142. The number of hydrogen-bond acceptors (Lipinski definition) is 6. The highest BCUT2D eigenvalue weighted by atomic mass is 35.5. The van der Waals surface area contributed by atoms with Gasteiger partial charge in [0.15, 0.2) is 11.9 Å². The van der Waals surface area contributed by atoms with E-state index < -0.39 is 42.0 Å². The van der Waals surface area contributed by atoms with E-state index in [0.29, 0.717) is 23.2 Å². The van der Waals surface area contributed by atoms with Crippen LogP contribution in [0.25, 0.3) is 0 Å². The maximum atomic E-state index is 12.9. The Morgan fingerprint density at radius 1 is 1.35 bits per heavy atom. The largest absolute Gasteiger partial charge is 0.438 e. The van der Waals surface area contributed by atoms with Crippen LogP contribution in [0.3, 0.4) is 0 Å². The number of esters is 1. The van der Waals surface area contributed by atoms with E-state index in [1.54, 1.807) is 18.2 Å². The molecule has 1 aromatic heterocycles. The van der Waals surface area contributed by atoms with Crippen molar-refractivity contribution in [3.05, 3.63) is 53.1 Å². The number of rotatable bonds is 6. The number of nitrogens with one attached hydrogen (secondary N) is 1. The Morgan fingerprint density at radius 2 is 2.08 bits per heavy atom. The van der Waals surface area contributed by atoms with E-state index in [1.807, 2.05) is 0 Å². The molecule has 0 fully saturated rings. The number of nitrogens with zero attached hydrogens (tertiary/aromatic N) is 2. The third-order valence-corrected chi connectivity index (χ3v) is 3.22. The van der Waals surface area contributed by atoms with Crippen molar-refractivity contribution in [2.75, 3.05) is 5.32 Å². The summed E-state index contributed by atoms with van der Waals surface area (Å²) in [5.41, 5.74) is 3.13. The molecular formula is C15H12ClF3N4O3. The van der Waals surface area contributed by atoms with Gasteiger partial charge in [0, 0.05) is 16.9 Å². The molecule has 138 valence electrons. The summed E-state index contributed by atoms with van der Waals surface area (Å²) in [4.78, 5) is 29.8. The van der Waals surface area contributed by atoms with Gasteiger partial charge in [-0.1, -0.05) is 17.7 Å². The molecule has 0 saturated carbocycles. The van der Waals surface area contributed by atoms with Gasteiger partial charge in [-0.25, -0.2) is 14.8 Å². The van der Waals surface area contributed by atoms with Crippen molar-refractivity contribution in [3.63, 3.8) is 0 Å². The van der Waals surface area contributed by atoms with Crippen molar-refractivity contribution in [1.29, 1.82) is 0 Å². The highest BCUT2D eigenvalue weighted by Crippen LogP contribution is 2.30. The number of benzene rings is 1. The van der Waals surface area contributed by atoms with Crippen molar-refractivity contribution >= 4 is 29.2 Å². The van der Waals surface area contributed by atoms with Gasteiger partial charge in [-0.3, -0.25) is 4.79 Å². The molecule has 1 aromatic carbocycles. The zero-order chi connectivity index (χ0) is 19.3. The highest BCUT2D eigenvalue weighted by molar-refractivity contribution is 6.30. The van der Waals surface area contributed by atoms with Crippen LogP contribution < -0.4 is 11.1 Å². The standard InChI is InChI=1S/C15H12ClF3N4O3/c16-8-2-1-3-9(4-8)23-12(5-11(20)24)26-14(25)10-6-21-7-22-13(10)15(17,18)19/h1-4,6-7,12,23H,5H2,(H2,20,24). The number of carbonyl (C=O) groups excluding carboxylic acids is 2. The predicted octanol–water partition coefficient (Wildman–Crippen LogP) is 2.62. The fourth-order valence-electron chi connectivity index (χ4n) is 1.97. The van der Waals surface area contributed by atoms with E-state index in [1.165, 1.54) is 6.07 Å². The van der Waals surface area contributed by atoms with Crippen LogP contribution in [0.15, 0.2) is 36.8 Å². The molecule has 1 amide bonds. The van der Waals surface area contributed by atoms with E-state index in [9.17, 15) is 22.8 Å². The zero-order valence-corrected chi connectivity index (χ0v) is 13.7. The molecule has 0 bridgehead atoms. The summed E-state index contributed by atoms with van der Waals surface area (Å²) in [7, 11) is 0. The van der Waals surface area contributed by atoms with Crippen LogP contribution in [-0.4, -0.2) is 28.1 Å². The normalized spacial score (nSPS) is 12.3. The Bertz CT molecular complexity index is 817. The molecule has 2 rings (SSSR count). The summed E-state index contributed by atoms with van der Waals surface area (Å²) in [6.45, 7) is 0. The number of alkyl halides is 3. The van der Waals surface area contributed by atoms with Gasteiger partial charge in [0.2, 0.25) is 5.91 Å². The van der Waals surface area contributed by atoms with Crippen LogP contribution in [0.2, 0.25) is 5.02 Å². The number of hydrogen-bond donors (Lipinski definition) is 2. The van der Waals surface area contributed by atoms with Gasteiger partial charge < -0.3 is 15.8 Å². The third kappa shape index (κ3) is 5.31. The summed E-state index contributed by atoms with van der Waals surface area (Å²) in [6, 6.07) is 6.19. The maximum absolute atomic E-state index is 12.9. The molecule has 1 atom stereocenters. The number of carbonyl (C=O) groups is 2. The summed E-state index contributed by atoms with van der Waals surface area (Å²) in [5.74, 6) is -2.20. The smallest absolute Gasteiger partial charge is 0.434 e. The Labute approximate surface area is 150 Å². The number of aromatic nitrogens is 2. The number of ether oxygens (including phenoxy) is 1. The molecule has 0 spiro atoms. The molecular weight excluding hydrogens is 377 g/mol. The highest BCUT2D eigenvalue weighted by Gasteiger charge is 2.38. The Kier molecular flexibility index (Phi) is 5.98. The van der Waals surface area contributed by atoms with Crippen LogP contribution in [0.5, 0.6) is 0 Å². The van der Waals surface area contributed by atoms with Crippen LogP contribution >= 0.6 is 11.6 Å². The number of anilines is 1. The molecule has 0 aliphatic carbocycles. The molecule has 1 heterocycles. The van der Waals surface area contributed by atoms with Gasteiger partial charge in [-0.05, 0) is 18.2 Å². The SMILES string of the molecule is NC(=O)CC(Nc1cccc(Cl)c1)OC(=O)c1cncnc1C(F)(F)F. The topological polar surface area (TPSA) is 107 Å². The minimum atomic E-state index is -4.88. The molecule has 2 aromatic rings. The molecule has 7 nitrogen and oxygen atoms in total. The molecule has 1 unspecified atom stereocenters. The predicted molar refractivity (Wildman–Crippen MR) is 85.1 cm³/mol. The van der Waals surface area contributed by atoms with Gasteiger partial charge in [0.1, 0.15) is 11.9 Å². The first-order valence-electron chi connectivity index (χ1n) is 7.05. The summed E-state index contributed by atoms with van der Waals surface area (Å²) in [6.07, 6.45) is -5.34. The van der Waals surface area contributed by atoms with Gasteiger partial charge in [-0.15, -0.1) is 0 Å². The van der Waals surface area contributed by atoms with Crippen molar-refractivity contribution < 1.29 is 27.5 Å². The first kappa shape index (κ1) is 19.4. The minimum Gasteiger partial charge on any atom is -0.438 e. The van der Waals surface area contributed by atoms with Crippen LogP contribution in [-0.2, 0) is 15.7 Å². The van der Waals surface area contributed by atoms with E-state index in [0.717, 1.165) is 0 Å². The summed E-state index contributed by atoms with van der Waals surface area (Å²) in [5, 5.41) is 3.02. The zero-order valence-electron chi connectivity index (χ0n) is 13.0. The van der Waals surface area contributed by atoms with Crippen LogP contribution in [0, 0.1) is 0 Å². The fraction of sp³-hybridized carbons (Fsp3) is 0.200. The molecule has 26 heavy (non-hydrogen) atoms. The van der Waals surface area contributed by atoms with Gasteiger partial charge >= 0.3 is 12.1 Å². The van der Waals surface area contributed by atoms with Gasteiger partial charge in [0.05, 0.1) is 6.42 Å². The molecule has 3 N–H and O–H groups in total. The second-order valence-electron chi connectivity index (χ2n) is 5.00. The summed E-state index contributed by atoms with van der Waals surface area (Å²) >= 11 is 5.83. The molecule has 0 radical (unpaired) electrons. The van der Waals surface area contributed by atoms with E-state index >= 15 is 0 Å². The van der Waals surface area contributed by atoms with Crippen molar-refractivity contribution in [1.82, 2.24) is 9.97 Å². The van der Waals surface area contributed by atoms with Crippen LogP contribution in [0.1, 0.15) is 22.5 Å². The van der Waals surface area contributed by atoms with Crippen molar-refractivity contribution in [2.24, 2.45) is 5.73 Å². The molecule has 11 heteroatoms. The molecule has 0 saturated heterocycles. The lowest BCUT2D eigenvalue weighted by Crippen LogP contribution is -2.32. The first-order chi connectivity index (χ1) is 12.2. The third-order valence-electron chi connectivity index (χ3n) is 2.99. The summed E-state index contributed by atoms with van der Waals surface area (Å²) < 4.78 is 43.8. The number of halogens is 4. The number of nitrogens with two attached hydrogens (primary N) is 1. The first-order valence-corrected chi connectivity index (χ1v) is 7.43. The Balaban J connectivity index is 2.23. The molecule has 0 aliphatic rings. The lowest BCUT2D eigenvalue weighted by Gasteiger charge is -2.20. The monoisotopic (exact) mass is 388 g/mol. The van der Waals surface area contributed by atoms with E-state index in [-0.39, 0.29) is 0 Å². The van der Waals surface area contributed by atoms with Crippen molar-refractivity contribution in [3.8, 4) is 0 Å².